The molecule has 0 amide bonds. The Morgan fingerprint density at radius 1 is 1.10 bits per heavy atom. The van der Waals surface area contributed by atoms with Gasteiger partial charge in [0.2, 0.25) is 0 Å². The van der Waals surface area contributed by atoms with Gasteiger partial charge < -0.3 is 23.5 Å². The number of aryl methyl sites for hydroxylation is 1. The van der Waals surface area contributed by atoms with Crippen LogP contribution in [0.25, 0.3) is 0 Å². The Kier molecular flexibility index (Phi) is 9.90. The lowest BCUT2D eigenvalue weighted by molar-refractivity contribution is -0.697. The standard InChI is InChI=1S/C11H20NO3Si.C9H10O4/c1-13-16(14-2,15-3)11-7-10-12-8-5-4-6-9-12;1-9(8(12)13)4-2-3-6(5-9)7(10)11/h4-6,8-9H,7,10-11H2,1-3H3;2-4H,5H2,1H3,(H,10,11)(H,12,13)/q+1;. The fourth-order valence-electron chi connectivity index (χ4n) is 2.80. The lowest BCUT2D eigenvalue weighted by Crippen LogP contribution is -2.44. The third kappa shape index (κ3) is 7.54. The summed E-state index contributed by atoms with van der Waals surface area (Å²) < 4.78 is 18.2. The molecule has 0 aromatic carbocycles. The highest BCUT2D eigenvalue weighted by atomic mass is 28.4. The fraction of sp³-hybridized carbons (Fsp3) is 0.450. The van der Waals surface area contributed by atoms with Crippen LogP contribution in [0.2, 0.25) is 6.04 Å². The van der Waals surface area contributed by atoms with Crippen LogP contribution in [0.1, 0.15) is 19.8 Å². The molecule has 0 saturated carbocycles. The van der Waals surface area contributed by atoms with E-state index in [-0.39, 0.29) is 12.0 Å². The minimum Gasteiger partial charge on any atom is -0.481 e. The summed E-state index contributed by atoms with van der Waals surface area (Å²) in [5.74, 6) is -2.06. The molecule has 2 N–H and O–H groups in total. The van der Waals surface area contributed by atoms with E-state index >= 15 is 0 Å². The van der Waals surface area contributed by atoms with Crippen molar-refractivity contribution in [1.29, 1.82) is 0 Å². The van der Waals surface area contributed by atoms with Gasteiger partial charge in [0.15, 0.2) is 12.4 Å². The van der Waals surface area contributed by atoms with Crippen molar-refractivity contribution in [1.82, 2.24) is 0 Å². The summed E-state index contributed by atoms with van der Waals surface area (Å²) in [4.78, 5) is 21.3. The Morgan fingerprint density at radius 3 is 2.17 bits per heavy atom. The largest absolute Gasteiger partial charge is 0.500 e. The summed E-state index contributed by atoms with van der Waals surface area (Å²) in [7, 11) is 2.56. The van der Waals surface area contributed by atoms with Gasteiger partial charge in [0.25, 0.3) is 0 Å². The van der Waals surface area contributed by atoms with E-state index in [9.17, 15) is 9.59 Å². The quantitative estimate of drug-likeness (QED) is 0.463. The van der Waals surface area contributed by atoms with Crippen LogP contribution >= 0.6 is 0 Å². The van der Waals surface area contributed by atoms with Gasteiger partial charge in [0.05, 0.1) is 5.41 Å². The summed E-state index contributed by atoms with van der Waals surface area (Å²) in [6.07, 6.45) is 9.52. The predicted octanol–water partition coefficient (Wildman–Crippen LogP) is 2.29. The first-order valence-corrected chi connectivity index (χ1v) is 11.1. The zero-order valence-electron chi connectivity index (χ0n) is 17.3. The molecule has 0 bridgehead atoms. The van der Waals surface area contributed by atoms with Crippen LogP contribution in [0, 0.1) is 5.41 Å². The molecule has 1 heterocycles. The Morgan fingerprint density at radius 2 is 1.69 bits per heavy atom. The number of carbonyl (C=O) groups is 2. The lowest BCUT2D eigenvalue weighted by Gasteiger charge is -2.23. The van der Waals surface area contributed by atoms with Crippen LogP contribution in [0.5, 0.6) is 0 Å². The number of aromatic nitrogens is 1. The Hall–Kier alpha value is -2.33. The average molecular weight is 425 g/mol. The maximum Gasteiger partial charge on any atom is 0.500 e. The molecule has 0 fully saturated rings. The maximum absolute atomic E-state index is 10.8. The van der Waals surface area contributed by atoms with E-state index in [0.717, 1.165) is 19.0 Å². The zero-order chi connectivity index (χ0) is 21.9. The first kappa shape index (κ1) is 24.7. The second-order valence-electron chi connectivity index (χ2n) is 6.77. The van der Waals surface area contributed by atoms with Crippen LogP contribution < -0.4 is 4.57 Å². The molecule has 0 aliphatic heterocycles. The molecule has 160 valence electrons. The number of nitrogens with zero attached hydrogens (tertiary/aromatic N) is 1. The van der Waals surface area contributed by atoms with Gasteiger partial charge in [-0.15, -0.1) is 0 Å². The van der Waals surface area contributed by atoms with Crippen molar-refractivity contribution in [3.63, 3.8) is 0 Å². The molecule has 1 unspecified atom stereocenters. The normalized spacial score (nSPS) is 18.4. The van der Waals surface area contributed by atoms with Crippen LogP contribution in [-0.2, 0) is 29.4 Å². The van der Waals surface area contributed by atoms with Gasteiger partial charge in [-0.2, -0.15) is 0 Å². The average Bonchev–Trinajstić information content (AvgIpc) is 2.73. The van der Waals surface area contributed by atoms with E-state index in [1.165, 1.54) is 25.2 Å². The van der Waals surface area contributed by atoms with Gasteiger partial charge in [0.1, 0.15) is 6.54 Å². The minimum absolute atomic E-state index is 0.0359. The Labute approximate surface area is 172 Å². The van der Waals surface area contributed by atoms with Crippen LogP contribution in [0.3, 0.4) is 0 Å². The van der Waals surface area contributed by atoms with E-state index in [1.807, 2.05) is 18.2 Å². The summed E-state index contributed by atoms with van der Waals surface area (Å²) >= 11 is 0. The highest BCUT2D eigenvalue weighted by Crippen LogP contribution is 2.31. The highest BCUT2D eigenvalue weighted by Gasteiger charge is 2.37. The fourth-order valence-corrected chi connectivity index (χ4v) is 4.51. The van der Waals surface area contributed by atoms with Crippen molar-refractivity contribution < 1.29 is 37.6 Å². The lowest BCUT2D eigenvalue weighted by atomic mass is 9.80. The summed E-state index contributed by atoms with van der Waals surface area (Å²) in [6, 6.07) is 6.88. The van der Waals surface area contributed by atoms with E-state index in [0.29, 0.717) is 0 Å². The highest BCUT2D eigenvalue weighted by molar-refractivity contribution is 6.60. The van der Waals surface area contributed by atoms with Crippen molar-refractivity contribution in [3.8, 4) is 0 Å². The molecular weight excluding hydrogens is 394 g/mol. The number of aliphatic carboxylic acids is 2. The number of allylic oxidation sites excluding steroid dienone is 2. The van der Waals surface area contributed by atoms with Crippen molar-refractivity contribution >= 4 is 20.7 Å². The molecule has 29 heavy (non-hydrogen) atoms. The molecule has 1 aliphatic carbocycles. The Balaban J connectivity index is 0.000000296. The summed E-state index contributed by atoms with van der Waals surface area (Å²) in [5.41, 5.74) is -0.949. The van der Waals surface area contributed by atoms with Gasteiger partial charge in [-0.3, -0.25) is 4.79 Å². The Bertz CT molecular complexity index is 723. The third-order valence-electron chi connectivity index (χ3n) is 4.69. The monoisotopic (exact) mass is 424 g/mol. The molecule has 0 saturated heterocycles. The van der Waals surface area contributed by atoms with E-state index in [4.69, 9.17) is 23.5 Å². The molecule has 1 aliphatic rings. The summed E-state index contributed by atoms with van der Waals surface area (Å²) in [6.45, 7) is 2.45. The minimum atomic E-state index is -2.38. The van der Waals surface area contributed by atoms with Gasteiger partial charge in [0, 0.05) is 51.5 Å². The molecule has 1 atom stereocenters. The maximum atomic E-state index is 10.8. The predicted molar refractivity (Wildman–Crippen MR) is 108 cm³/mol. The molecule has 2 rings (SSSR count). The number of hydrogen-bond acceptors (Lipinski definition) is 5. The topological polar surface area (TPSA) is 106 Å². The van der Waals surface area contributed by atoms with E-state index in [2.05, 4.69) is 17.0 Å². The molecule has 0 spiro atoms. The van der Waals surface area contributed by atoms with Crippen LogP contribution in [0.15, 0.2) is 54.4 Å². The second kappa shape index (κ2) is 11.6. The van der Waals surface area contributed by atoms with Crippen molar-refractivity contribution in [2.45, 2.75) is 32.4 Å². The van der Waals surface area contributed by atoms with E-state index in [1.54, 1.807) is 21.3 Å². The van der Waals surface area contributed by atoms with Gasteiger partial charge in [-0.05, 0) is 13.3 Å². The van der Waals surface area contributed by atoms with Crippen molar-refractivity contribution in [2.24, 2.45) is 5.41 Å². The summed E-state index contributed by atoms with van der Waals surface area (Å²) in [5, 5.41) is 17.5. The SMILES string of the molecule is CC1(C(=O)O)C=CC=C(C(=O)O)C1.CO[Si](CCC[n+]1ccccc1)(OC)OC. The van der Waals surface area contributed by atoms with Crippen molar-refractivity contribution in [3.05, 3.63) is 54.4 Å². The first-order valence-electron chi connectivity index (χ1n) is 9.16. The molecular formula is C20H30NO7Si+. The van der Waals surface area contributed by atoms with Gasteiger partial charge in [-0.25, -0.2) is 9.36 Å². The number of carboxylic acid groups (broad SMARTS) is 2. The number of rotatable bonds is 9. The zero-order valence-corrected chi connectivity index (χ0v) is 18.3. The number of hydrogen-bond donors (Lipinski definition) is 2. The number of carboxylic acids is 2. The molecule has 1 aromatic heterocycles. The molecule has 1 aromatic rings. The van der Waals surface area contributed by atoms with Crippen molar-refractivity contribution in [2.75, 3.05) is 21.3 Å². The van der Waals surface area contributed by atoms with Gasteiger partial charge >= 0.3 is 20.7 Å². The van der Waals surface area contributed by atoms with Crippen LogP contribution in [-0.4, -0.2) is 52.3 Å². The van der Waals surface area contributed by atoms with Crippen LogP contribution in [0.4, 0.5) is 0 Å². The molecule has 9 heteroatoms. The molecule has 8 nitrogen and oxygen atoms in total. The first-order chi connectivity index (χ1) is 13.7. The van der Waals surface area contributed by atoms with Gasteiger partial charge in [-0.1, -0.05) is 24.3 Å². The number of pyridine rings is 1. The smallest absolute Gasteiger partial charge is 0.481 e. The van der Waals surface area contributed by atoms with E-state index < -0.39 is 26.2 Å². The third-order valence-corrected chi connectivity index (χ3v) is 7.52. The second-order valence-corrected chi connectivity index (χ2v) is 9.86. The molecule has 0 radical (unpaired) electrons.